The normalized spacial score (nSPS) is 17.6. The Morgan fingerprint density at radius 1 is 1.50 bits per heavy atom. The Labute approximate surface area is 96.9 Å². The molecule has 4 nitrogen and oxygen atoms in total. The lowest BCUT2D eigenvalue weighted by Gasteiger charge is -2.24. The Kier molecular flexibility index (Phi) is 5.29. The molecule has 0 bridgehead atoms. The molecule has 4 heteroatoms. The summed E-state index contributed by atoms with van der Waals surface area (Å²) >= 11 is 0. The quantitative estimate of drug-likeness (QED) is 0.513. The molecule has 0 aromatic heterocycles. The van der Waals surface area contributed by atoms with Crippen LogP contribution >= 0.6 is 0 Å². The number of hydrogen-bond donors (Lipinski definition) is 0. The Bertz CT molecular complexity index is 253. The van der Waals surface area contributed by atoms with Crippen molar-refractivity contribution in [3.05, 3.63) is 0 Å². The topological polar surface area (TPSA) is 46.6 Å². The second kappa shape index (κ2) is 6.51. The fraction of sp³-hybridized carbons (Fsp3) is 0.833. The van der Waals surface area contributed by atoms with Gasteiger partial charge in [-0.25, -0.2) is 4.79 Å². The number of amides is 1. The number of esters is 1. The highest BCUT2D eigenvalue weighted by atomic mass is 16.5. The molecule has 1 fully saturated rings. The van der Waals surface area contributed by atoms with E-state index in [0.717, 1.165) is 19.3 Å². The van der Waals surface area contributed by atoms with Crippen LogP contribution in [0.3, 0.4) is 0 Å². The largest absolute Gasteiger partial charge is 0.464 e. The van der Waals surface area contributed by atoms with Crippen LogP contribution in [0.5, 0.6) is 0 Å². The van der Waals surface area contributed by atoms with Gasteiger partial charge in [0.15, 0.2) is 0 Å². The minimum Gasteiger partial charge on any atom is -0.464 e. The summed E-state index contributed by atoms with van der Waals surface area (Å²) in [6, 6.07) is -0.369. The van der Waals surface area contributed by atoms with Crippen molar-refractivity contribution in [2.24, 2.45) is 0 Å². The minimum absolute atomic E-state index is 0.0827. The molecule has 1 saturated heterocycles. The van der Waals surface area contributed by atoms with Crippen LogP contribution < -0.4 is 0 Å². The number of likely N-dealkylation sites (tertiary alicyclic amines) is 1. The van der Waals surface area contributed by atoms with E-state index in [1.165, 1.54) is 0 Å². The molecule has 1 aliphatic heterocycles. The standard InChI is InChI=1S/C12H21NO3/c1-3-5-9-16-12(15)10(4-2)13-8-6-7-11(13)14/h10H,3-9H2,1-2H3. The Balaban J connectivity index is 2.46. The van der Waals surface area contributed by atoms with Crippen LogP contribution in [0, 0.1) is 0 Å². The first-order valence-electron chi connectivity index (χ1n) is 6.16. The molecule has 1 atom stereocenters. The van der Waals surface area contributed by atoms with E-state index < -0.39 is 0 Å². The van der Waals surface area contributed by atoms with E-state index in [-0.39, 0.29) is 17.9 Å². The second-order valence-corrected chi connectivity index (χ2v) is 4.14. The summed E-state index contributed by atoms with van der Waals surface area (Å²) in [5, 5.41) is 0. The molecule has 1 aliphatic rings. The second-order valence-electron chi connectivity index (χ2n) is 4.14. The maximum atomic E-state index is 11.8. The first-order chi connectivity index (χ1) is 7.70. The van der Waals surface area contributed by atoms with Crippen LogP contribution in [0.25, 0.3) is 0 Å². The smallest absolute Gasteiger partial charge is 0.328 e. The molecule has 1 rings (SSSR count). The van der Waals surface area contributed by atoms with Crippen molar-refractivity contribution < 1.29 is 14.3 Å². The molecule has 0 aromatic carbocycles. The van der Waals surface area contributed by atoms with Crippen molar-refractivity contribution in [3.63, 3.8) is 0 Å². The molecular formula is C12H21NO3. The molecule has 0 saturated carbocycles. The zero-order chi connectivity index (χ0) is 12.0. The summed E-state index contributed by atoms with van der Waals surface area (Å²) in [5.41, 5.74) is 0. The number of carbonyl (C=O) groups is 2. The third kappa shape index (κ3) is 3.22. The van der Waals surface area contributed by atoms with Gasteiger partial charge in [0.1, 0.15) is 6.04 Å². The monoisotopic (exact) mass is 227 g/mol. The highest BCUT2D eigenvalue weighted by Crippen LogP contribution is 2.16. The van der Waals surface area contributed by atoms with Gasteiger partial charge in [-0.1, -0.05) is 20.3 Å². The van der Waals surface area contributed by atoms with Crippen molar-refractivity contribution in [2.45, 2.75) is 52.0 Å². The SMILES string of the molecule is CCCCOC(=O)C(CC)N1CCCC1=O. The number of ether oxygens (including phenoxy) is 1. The van der Waals surface area contributed by atoms with Gasteiger partial charge in [0.2, 0.25) is 5.91 Å². The van der Waals surface area contributed by atoms with Crippen LogP contribution in [0.4, 0.5) is 0 Å². The van der Waals surface area contributed by atoms with Gasteiger partial charge >= 0.3 is 5.97 Å². The fourth-order valence-corrected chi connectivity index (χ4v) is 1.93. The van der Waals surface area contributed by atoms with Crippen LogP contribution in [0.15, 0.2) is 0 Å². The van der Waals surface area contributed by atoms with Gasteiger partial charge in [-0.05, 0) is 19.3 Å². The molecule has 16 heavy (non-hydrogen) atoms. The number of carbonyl (C=O) groups excluding carboxylic acids is 2. The number of nitrogens with zero attached hydrogens (tertiary/aromatic N) is 1. The summed E-state index contributed by atoms with van der Waals surface area (Å²) in [7, 11) is 0. The highest BCUT2D eigenvalue weighted by molar-refractivity contribution is 5.85. The van der Waals surface area contributed by atoms with E-state index in [1.807, 2.05) is 6.92 Å². The number of unbranched alkanes of at least 4 members (excludes halogenated alkanes) is 1. The summed E-state index contributed by atoms with van der Waals surface area (Å²) in [5.74, 6) is -0.162. The molecule has 0 spiro atoms. The summed E-state index contributed by atoms with van der Waals surface area (Å²) in [4.78, 5) is 25.0. The zero-order valence-electron chi connectivity index (χ0n) is 10.2. The van der Waals surface area contributed by atoms with Crippen LogP contribution in [-0.2, 0) is 14.3 Å². The molecule has 1 heterocycles. The van der Waals surface area contributed by atoms with Gasteiger partial charge < -0.3 is 9.64 Å². The van der Waals surface area contributed by atoms with E-state index in [0.29, 0.717) is 26.0 Å². The maximum absolute atomic E-state index is 11.8. The van der Waals surface area contributed by atoms with Crippen LogP contribution in [-0.4, -0.2) is 36.0 Å². The average Bonchev–Trinajstić information content (AvgIpc) is 2.67. The van der Waals surface area contributed by atoms with Gasteiger partial charge in [-0.2, -0.15) is 0 Å². The predicted molar refractivity (Wildman–Crippen MR) is 60.9 cm³/mol. The zero-order valence-corrected chi connectivity index (χ0v) is 10.2. The molecule has 0 N–H and O–H groups in total. The van der Waals surface area contributed by atoms with Crippen molar-refractivity contribution in [1.29, 1.82) is 0 Å². The van der Waals surface area contributed by atoms with E-state index in [2.05, 4.69) is 6.92 Å². The van der Waals surface area contributed by atoms with E-state index in [4.69, 9.17) is 4.74 Å². The van der Waals surface area contributed by atoms with E-state index in [1.54, 1.807) is 4.90 Å². The van der Waals surface area contributed by atoms with E-state index in [9.17, 15) is 9.59 Å². The summed E-state index contributed by atoms with van der Waals surface area (Å²) in [6.45, 7) is 5.13. The van der Waals surface area contributed by atoms with E-state index >= 15 is 0 Å². The van der Waals surface area contributed by atoms with Crippen molar-refractivity contribution in [3.8, 4) is 0 Å². The molecular weight excluding hydrogens is 206 g/mol. The average molecular weight is 227 g/mol. The molecule has 1 unspecified atom stereocenters. The Hall–Kier alpha value is -1.06. The van der Waals surface area contributed by atoms with Crippen molar-refractivity contribution >= 4 is 11.9 Å². The Morgan fingerprint density at radius 2 is 2.25 bits per heavy atom. The molecule has 92 valence electrons. The Morgan fingerprint density at radius 3 is 2.75 bits per heavy atom. The van der Waals surface area contributed by atoms with Gasteiger partial charge in [0.05, 0.1) is 6.61 Å². The number of hydrogen-bond acceptors (Lipinski definition) is 3. The third-order valence-electron chi connectivity index (χ3n) is 2.89. The van der Waals surface area contributed by atoms with Crippen molar-refractivity contribution in [1.82, 2.24) is 4.90 Å². The van der Waals surface area contributed by atoms with Gasteiger partial charge in [0.25, 0.3) is 0 Å². The molecule has 0 radical (unpaired) electrons. The lowest BCUT2D eigenvalue weighted by molar-refractivity contribution is -0.154. The van der Waals surface area contributed by atoms with Crippen LogP contribution in [0.2, 0.25) is 0 Å². The summed E-state index contributed by atoms with van der Waals surface area (Å²) < 4.78 is 5.16. The fourth-order valence-electron chi connectivity index (χ4n) is 1.93. The molecule has 1 amide bonds. The molecule has 0 aliphatic carbocycles. The van der Waals surface area contributed by atoms with Gasteiger partial charge in [-0.3, -0.25) is 4.79 Å². The lowest BCUT2D eigenvalue weighted by atomic mass is 10.2. The predicted octanol–water partition coefficient (Wildman–Crippen LogP) is 1.73. The molecule has 0 aromatic rings. The van der Waals surface area contributed by atoms with Gasteiger partial charge in [0, 0.05) is 13.0 Å². The van der Waals surface area contributed by atoms with Crippen molar-refractivity contribution in [2.75, 3.05) is 13.2 Å². The first kappa shape index (κ1) is 13.0. The number of rotatable bonds is 6. The maximum Gasteiger partial charge on any atom is 0.328 e. The van der Waals surface area contributed by atoms with Crippen LogP contribution in [0.1, 0.15) is 46.0 Å². The lowest BCUT2D eigenvalue weighted by Crippen LogP contribution is -2.42. The first-order valence-corrected chi connectivity index (χ1v) is 6.16. The third-order valence-corrected chi connectivity index (χ3v) is 2.89. The minimum atomic E-state index is -0.369. The highest BCUT2D eigenvalue weighted by Gasteiger charge is 2.32. The summed E-state index contributed by atoms with van der Waals surface area (Å²) in [6.07, 6.45) is 3.95. The van der Waals surface area contributed by atoms with Gasteiger partial charge in [-0.15, -0.1) is 0 Å².